The number of halogens is 1. The Morgan fingerprint density at radius 1 is 1.29 bits per heavy atom. The summed E-state index contributed by atoms with van der Waals surface area (Å²) >= 11 is 0. The first-order chi connectivity index (χ1) is 10.2. The van der Waals surface area contributed by atoms with Crippen LogP contribution in [0.25, 0.3) is 11.1 Å². The van der Waals surface area contributed by atoms with Crippen LogP contribution in [0.4, 0.5) is 4.39 Å². The predicted octanol–water partition coefficient (Wildman–Crippen LogP) is 3.15. The topological polar surface area (TPSA) is 44.5 Å². The normalized spacial score (nSPS) is 16.4. The quantitative estimate of drug-likeness (QED) is 0.939. The van der Waals surface area contributed by atoms with Crippen LogP contribution in [0.15, 0.2) is 36.4 Å². The number of benzene rings is 2. The molecule has 110 valence electrons. The minimum Gasteiger partial charge on any atom is -0.497 e. The van der Waals surface area contributed by atoms with Crippen LogP contribution in [0.5, 0.6) is 11.5 Å². The Balaban J connectivity index is 2.10. The lowest BCUT2D eigenvalue weighted by Gasteiger charge is -2.13. The molecule has 1 aliphatic rings. The fourth-order valence-electron chi connectivity index (χ4n) is 2.75. The lowest BCUT2D eigenvalue weighted by atomic mass is 9.99. The third-order valence-electron chi connectivity index (χ3n) is 3.76. The molecule has 0 bridgehead atoms. The second-order valence-electron chi connectivity index (χ2n) is 5.16. The first-order valence-corrected chi connectivity index (χ1v) is 7.05. The van der Waals surface area contributed by atoms with Crippen LogP contribution in [0.1, 0.15) is 12.0 Å². The van der Waals surface area contributed by atoms with E-state index < -0.39 is 0 Å². The first kappa shape index (κ1) is 13.9. The molecule has 0 fully saturated rings. The van der Waals surface area contributed by atoms with E-state index in [2.05, 4.69) is 0 Å². The summed E-state index contributed by atoms with van der Waals surface area (Å²) in [6.07, 6.45) is 1.63. The van der Waals surface area contributed by atoms with E-state index in [9.17, 15) is 4.39 Å². The number of ether oxygens (including phenoxy) is 2. The summed E-state index contributed by atoms with van der Waals surface area (Å²) in [5, 5.41) is 0. The van der Waals surface area contributed by atoms with Crippen LogP contribution in [0.2, 0.25) is 0 Å². The lowest BCUT2D eigenvalue weighted by molar-refractivity contribution is 0.225. The molecule has 1 aliphatic heterocycles. The molecule has 2 N–H and O–H groups in total. The molecule has 3 nitrogen and oxygen atoms in total. The Morgan fingerprint density at radius 2 is 2.10 bits per heavy atom. The second-order valence-corrected chi connectivity index (χ2v) is 5.16. The van der Waals surface area contributed by atoms with Crippen molar-refractivity contribution in [2.45, 2.75) is 18.9 Å². The van der Waals surface area contributed by atoms with Crippen molar-refractivity contribution in [3.63, 3.8) is 0 Å². The van der Waals surface area contributed by atoms with E-state index >= 15 is 0 Å². The Labute approximate surface area is 123 Å². The number of nitrogens with two attached hydrogens (primary N) is 1. The standard InChI is InChI=1S/C17H18FNO2/c1-20-13-9-11-8-12(6-7-19)21-17(11)15(10-13)14-4-2-3-5-16(14)18/h2-5,9-10,12H,6-8,19H2,1H3. The maximum atomic E-state index is 14.1. The van der Waals surface area contributed by atoms with Crippen LogP contribution >= 0.6 is 0 Å². The summed E-state index contributed by atoms with van der Waals surface area (Å²) in [6.45, 7) is 0.574. The molecule has 2 aromatic rings. The van der Waals surface area contributed by atoms with Gasteiger partial charge in [-0.15, -0.1) is 0 Å². The zero-order valence-corrected chi connectivity index (χ0v) is 11.9. The van der Waals surface area contributed by atoms with Crippen molar-refractivity contribution in [3.05, 3.63) is 47.8 Å². The van der Waals surface area contributed by atoms with Crippen molar-refractivity contribution in [3.8, 4) is 22.6 Å². The van der Waals surface area contributed by atoms with Gasteiger partial charge in [-0.05, 0) is 31.2 Å². The largest absolute Gasteiger partial charge is 0.497 e. The molecule has 1 unspecified atom stereocenters. The van der Waals surface area contributed by atoms with Crippen LogP contribution in [-0.4, -0.2) is 19.8 Å². The van der Waals surface area contributed by atoms with Gasteiger partial charge in [-0.1, -0.05) is 18.2 Å². The summed E-state index contributed by atoms with van der Waals surface area (Å²) in [5.41, 5.74) is 7.92. The zero-order chi connectivity index (χ0) is 14.8. The highest BCUT2D eigenvalue weighted by Gasteiger charge is 2.27. The van der Waals surface area contributed by atoms with Gasteiger partial charge in [-0.2, -0.15) is 0 Å². The number of rotatable bonds is 4. The minimum atomic E-state index is -0.265. The molecule has 0 spiro atoms. The summed E-state index contributed by atoms with van der Waals surface area (Å²) in [6, 6.07) is 10.5. The van der Waals surface area contributed by atoms with Crippen molar-refractivity contribution >= 4 is 0 Å². The minimum absolute atomic E-state index is 0.0580. The van der Waals surface area contributed by atoms with Crippen molar-refractivity contribution in [2.75, 3.05) is 13.7 Å². The van der Waals surface area contributed by atoms with Crippen molar-refractivity contribution in [1.82, 2.24) is 0 Å². The van der Waals surface area contributed by atoms with E-state index in [0.717, 1.165) is 29.7 Å². The number of methoxy groups -OCH3 is 1. The van der Waals surface area contributed by atoms with Crippen molar-refractivity contribution in [1.29, 1.82) is 0 Å². The van der Waals surface area contributed by atoms with Gasteiger partial charge in [0.15, 0.2) is 0 Å². The maximum Gasteiger partial charge on any atom is 0.131 e. The van der Waals surface area contributed by atoms with Gasteiger partial charge in [-0.3, -0.25) is 0 Å². The molecule has 1 atom stereocenters. The van der Waals surface area contributed by atoms with E-state index in [-0.39, 0.29) is 11.9 Å². The van der Waals surface area contributed by atoms with E-state index in [0.29, 0.717) is 17.9 Å². The Kier molecular flexibility index (Phi) is 3.80. The Hall–Kier alpha value is -2.07. The molecule has 0 radical (unpaired) electrons. The highest BCUT2D eigenvalue weighted by atomic mass is 19.1. The van der Waals surface area contributed by atoms with Gasteiger partial charge >= 0.3 is 0 Å². The number of hydrogen-bond donors (Lipinski definition) is 1. The number of fused-ring (bicyclic) bond motifs is 1. The predicted molar refractivity (Wildman–Crippen MR) is 80.2 cm³/mol. The van der Waals surface area contributed by atoms with E-state index in [4.69, 9.17) is 15.2 Å². The second kappa shape index (κ2) is 5.74. The van der Waals surface area contributed by atoms with Crippen LogP contribution in [-0.2, 0) is 6.42 Å². The molecule has 2 aromatic carbocycles. The van der Waals surface area contributed by atoms with Gasteiger partial charge in [0.05, 0.1) is 7.11 Å². The SMILES string of the molecule is COc1cc2c(c(-c3ccccc3F)c1)OC(CCN)C2. The monoisotopic (exact) mass is 287 g/mol. The van der Waals surface area contributed by atoms with Crippen LogP contribution in [0, 0.1) is 5.82 Å². The average Bonchev–Trinajstić information content (AvgIpc) is 2.89. The van der Waals surface area contributed by atoms with E-state index in [1.165, 1.54) is 6.07 Å². The molecule has 4 heteroatoms. The van der Waals surface area contributed by atoms with Crippen LogP contribution < -0.4 is 15.2 Å². The summed E-state index contributed by atoms with van der Waals surface area (Å²) in [4.78, 5) is 0. The smallest absolute Gasteiger partial charge is 0.131 e. The molecule has 0 amide bonds. The van der Waals surface area contributed by atoms with Crippen molar-refractivity contribution < 1.29 is 13.9 Å². The van der Waals surface area contributed by atoms with Gasteiger partial charge in [-0.25, -0.2) is 4.39 Å². The molecule has 21 heavy (non-hydrogen) atoms. The fraction of sp³-hybridized carbons (Fsp3) is 0.294. The van der Waals surface area contributed by atoms with Gasteiger partial charge < -0.3 is 15.2 Å². The van der Waals surface area contributed by atoms with E-state index in [1.807, 2.05) is 18.2 Å². The highest BCUT2D eigenvalue weighted by molar-refractivity contribution is 5.75. The van der Waals surface area contributed by atoms with Gasteiger partial charge in [0, 0.05) is 23.1 Å². The van der Waals surface area contributed by atoms with Crippen molar-refractivity contribution in [2.24, 2.45) is 5.73 Å². The Morgan fingerprint density at radius 3 is 2.81 bits per heavy atom. The molecular formula is C17H18FNO2. The molecule has 0 saturated carbocycles. The molecule has 3 rings (SSSR count). The molecule has 1 heterocycles. The maximum absolute atomic E-state index is 14.1. The average molecular weight is 287 g/mol. The van der Waals surface area contributed by atoms with Gasteiger partial charge in [0.2, 0.25) is 0 Å². The molecular weight excluding hydrogens is 269 g/mol. The lowest BCUT2D eigenvalue weighted by Crippen LogP contribution is -2.17. The first-order valence-electron chi connectivity index (χ1n) is 7.05. The third-order valence-corrected chi connectivity index (χ3v) is 3.76. The number of hydrogen-bond acceptors (Lipinski definition) is 3. The van der Waals surface area contributed by atoms with E-state index in [1.54, 1.807) is 19.2 Å². The van der Waals surface area contributed by atoms with Gasteiger partial charge in [0.25, 0.3) is 0 Å². The van der Waals surface area contributed by atoms with Gasteiger partial charge in [0.1, 0.15) is 23.4 Å². The molecule has 0 aliphatic carbocycles. The summed E-state index contributed by atoms with van der Waals surface area (Å²) < 4.78 is 25.4. The highest BCUT2D eigenvalue weighted by Crippen LogP contribution is 2.42. The summed E-state index contributed by atoms with van der Waals surface area (Å²) in [7, 11) is 1.61. The van der Waals surface area contributed by atoms with Crippen LogP contribution in [0.3, 0.4) is 0 Å². The fourth-order valence-corrected chi connectivity index (χ4v) is 2.75. The zero-order valence-electron chi connectivity index (χ0n) is 11.9. The molecule has 0 saturated heterocycles. The molecule has 0 aromatic heterocycles. The Bertz CT molecular complexity index is 657. The summed E-state index contributed by atoms with van der Waals surface area (Å²) in [5.74, 6) is 1.20. The third kappa shape index (κ3) is 2.59.